The van der Waals surface area contributed by atoms with E-state index in [1.54, 1.807) is 18.2 Å². The van der Waals surface area contributed by atoms with E-state index in [2.05, 4.69) is 4.65 Å². The zero-order valence-electron chi connectivity index (χ0n) is 6.69. The first kappa shape index (κ1) is 8.90. The summed E-state index contributed by atoms with van der Waals surface area (Å²) in [7, 11) is -1.82. The van der Waals surface area contributed by atoms with Crippen LogP contribution in [0.15, 0.2) is 18.2 Å². The van der Waals surface area contributed by atoms with Crippen LogP contribution in [0.5, 0.6) is 5.75 Å². The van der Waals surface area contributed by atoms with Gasteiger partial charge >= 0.3 is 7.32 Å². The normalized spacial score (nSPS) is 9.58. The predicted octanol–water partition coefficient (Wildman–Crippen LogP) is -0.0745. The molecule has 4 nitrogen and oxygen atoms in total. The molecular formula is C7H10BNO3. The van der Waals surface area contributed by atoms with Gasteiger partial charge in [-0.1, -0.05) is 6.07 Å². The average Bonchev–Trinajstić information content (AvgIpc) is 1.94. The van der Waals surface area contributed by atoms with E-state index in [1.807, 2.05) is 6.92 Å². The lowest BCUT2D eigenvalue weighted by atomic mass is 10.2. The molecule has 1 rings (SSSR count). The lowest BCUT2D eigenvalue weighted by molar-refractivity contribution is 0.289. The number of aryl methyl sites for hydroxylation is 1. The van der Waals surface area contributed by atoms with Crippen LogP contribution < -0.4 is 10.4 Å². The van der Waals surface area contributed by atoms with Crippen molar-refractivity contribution in [1.82, 2.24) is 0 Å². The van der Waals surface area contributed by atoms with Crippen LogP contribution in [0.4, 0.5) is 5.69 Å². The highest BCUT2D eigenvalue weighted by molar-refractivity contribution is 6.33. The topological polar surface area (TPSA) is 75.7 Å². The summed E-state index contributed by atoms with van der Waals surface area (Å²) in [5.41, 5.74) is 6.91. The molecule has 0 heterocycles. The van der Waals surface area contributed by atoms with Gasteiger partial charge in [0, 0.05) is 0 Å². The van der Waals surface area contributed by atoms with Gasteiger partial charge in [-0.05, 0) is 24.6 Å². The van der Waals surface area contributed by atoms with Crippen molar-refractivity contribution in [2.45, 2.75) is 6.92 Å². The molecule has 12 heavy (non-hydrogen) atoms. The van der Waals surface area contributed by atoms with E-state index < -0.39 is 7.32 Å². The van der Waals surface area contributed by atoms with Crippen molar-refractivity contribution in [3.8, 4) is 5.75 Å². The van der Waals surface area contributed by atoms with Gasteiger partial charge in [0.05, 0.1) is 5.69 Å². The third-order valence-corrected chi connectivity index (χ3v) is 1.40. The summed E-state index contributed by atoms with van der Waals surface area (Å²) >= 11 is 0. The van der Waals surface area contributed by atoms with E-state index in [-0.39, 0.29) is 5.75 Å². The second-order valence-electron chi connectivity index (χ2n) is 2.49. The molecule has 0 atom stereocenters. The molecule has 0 aliphatic carbocycles. The van der Waals surface area contributed by atoms with Crippen molar-refractivity contribution in [1.29, 1.82) is 0 Å². The molecule has 4 N–H and O–H groups in total. The minimum atomic E-state index is -1.82. The van der Waals surface area contributed by atoms with Gasteiger partial charge < -0.3 is 20.4 Å². The van der Waals surface area contributed by atoms with Crippen molar-refractivity contribution in [3.05, 3.63) is 23.8 Å². The van der Waals surface area contributed by atoms with Crippen LogP contribution in [0, 0.1) is 6.92 Å². The molecule has 0 radical (unpaired) electrons. The maximum absolute atomic E-state index is 8.48. The number of anilines is 1. The SMILES string of the molecule is Cc1ccc(OB(O)O)c(N)c1. The summed E-state index contributed by atoms with van der Waals surface area (Å²) in [5, 5.41) is 17.0. The Morgan fingerprint density at radius 2 is 2.08 bits per heavy atom. The number of nitrogens with two attached hydrogens (primary N) is 1. The largest absolute Gasteiger partial charge is 0.707 e. The molecule has 0 spiro atoms. The standard InChI is InChI=1S/C7H10BNO3/c1-5-2-3-7(6(9)4-5)12-8(10)11/h2-4,10-11H,9H2,1H3. The minimum Gasteiger partial charge on any atom is -0.510 e. The summed E-state index contributed by atoms with van der Waals surface area (Å²) < 4.78 is 4.59. The Hall–Kier alpha value is -1.20. The first-order chi connectivity index (χ1) is 5.59. The van der Waals surface area contributed by atoms with E-state index in [4.69, 9.17) is 15.8 Å². The Balaban J connectivity index is 2.86. The summed E-state index contributed by atoms with van der Waals surface area (Å²) in [6.45, 7) is 1.88. The Kier molecular flexibility index (Phi) is 2.57. The molecular weight excluding hydrogens is 157 g/mol. The first-order valence-corrected chi connectivity index (χ1v) is 3.48. The van der Waals surface area contributed by atoms with Crippen molar-refractivity contribution in [3.63, 3.8) is 0 Å². The van der Waals surface area contributed by atoms with Gasteiger partial charge in [-0.25, -0.2) is 0 Å². The van der Waals surface area contributed by atoms with E-state index in [9.17, 15) is 0 Å². The van der Waals surface area contributed by atoms with Gasteiger partial charge in [-0.3, -0.25) is 0 Å². The zero-order valence-corrected chi connectivity index (χ0v) is 6.69. The summed E-state index contributed by atoms with van der Waals surface area (Å²) in [4.78, 5) is 0. The van der Waals surface area contributed by atoms with Gasteiger partial charge in [0.1, 0.15) is 5.75 Å². The van der Waals surface area contributed by atoms with Gasteiger partial charge in [-0.15, -0.1) is 0 Å². The molecule has 0 fully saturated rings. The van der Waals surface area contributed by atoms with Crippen molar-refractivity contribution in [2.24, 2.45) is 0 Å². The third-order valence-electron chi connectivity index (χ3n) is 1.40. The summed E-state index contributed by atoms with van der Waals surface area (Å²) in [6, 6.07) is 5.05. The Morgan fingerprint density at radius 1 is 1.42 bits per heavy atom. The van der Waals surface area contributed by atoms with Crippen LogP contribution >= 0.6 is 0 Å². The lowest BCUT2D eigenvalue weighted by Crippen LogP contribution is -2.21. The molecule has 0 aliphatic heterocycles. The number of hydrogen-bond donors (Lipinski definition) is 3. The monoisotopic (exact) mass is 167 g/mol. The molecule has 64 valence electrons. The highest BCUT2D eigenvalue weighted by Crippen LogP contribution is 2.21. The molecule has 0 aliphatic rings. The molecule has 0 unspecified atom stereocenters. The maximum atomic E-state index is 8.48. The van der Waals surface area contributed by atoms with Gasteiger partial charge in [0.15, 0.2) is 0 Å². The van der Waals surface area contributed by atoms with Gasteiger partial charge in [-0.2, -0.15) is 0 Å². The van der Waals surface area contributed by atoms with Gasteiger partial charge in [0.25, 0.3) is 0 Å². The Labute approximate surface area is 70.8 Å². The van der Waals surface area contributed by atoms with Crippen LogP contribution in [-0.4, -0.2) is 17.4 Å². The Morgan fingerprint density at radius 3 is 2.58 bits per heavy atom. The number of rotatable bonds is 2. The van der Waals surface area contributed by atoms with Crippen LogP contribution in [0.25, 0.3) is 0 Å². The molecule has 0 amide bonds. The van der Waals surface area contributed by atoms with Crippen LogP contribution in [-0.2, 0) is 0 Å². The summed E-state index contributed by atoms with van der Waals surface area (Å²) in [5.74, 6) is 0.274. The van der Waals surface area contributed by atoms with E-state index in [0.29, 0.717) is 5.69 Å². The number of benzene rings is 1. The zero-order chi connectivity index (χ0) is 9.14. The molecule has 0 saturated heterocycles. The highest BCUT2D eigenvalue weighted by atomic mass is 16.6. The quantitative estimate of drug-likeness (QED) is 0.425. The van der Waals surface area contributed by atoms with Crippen LogP contribution in [0.2, 0.25) is 0 Å². The van der Waals surface area contributed by atoms with Crippen LogP contribution in [0.3, 0.4) is 0 Å². The van der Waals surface area contributed by atoms with Gasteiger partial charge in [0.2, 0.25) is 0 Å². The fourth-order valence-corrected chi connectivity index (χ4v) is 0.889. The molecule has 1 aromatic carbocycles. The van der Waals surface area contributed by atoms with Crippen LogP contribution in [0.1, 0.15) is 5.56 Å². The molecule has 5 heteroatoms. The third kappa shape index (κ3) is 2.15. The first-order valence-electron chi connectivity index (χ1n) is 3.48. The minimum absolute atomic E-state index is 0.274. The lowest BCUT2D eigenvalue weighted by Gasteiger charge is -2.07. The van der Waals surface area contributed by atoms with E-state index >= 15 is 0 Å². The number of nitrogen functional groups attached to an aromatic ring is 1. The maximum Gasteiger partial charge on any atom is 0.707 e. The molecule has 0 aromatic heterocycles. The van der Waals surface area contributed by atoms with Crippen molar-refractivity contribution < 1.29 is 14.7 Å². The summed E-state index contributed by atoms with van der Waals surface area (Å²) in [6.07, 6.45) is 0. The van der Waals surface area contributed by atoms with E-state index in [0.717, 1.165) is 5.56 Å². The predicted molar refractivity (Wildman–Crippen MR) is 46.4 cm³/mol. The second-order valence-corrected chi connectivity index (χ2v) is 2.49. The average molecular weight is 167 g/mol. The van der Waals surface area contributed by atoms with Crippen molar-refractivity contribution >= 4 is 13.0 Å². The molecule has 1 aromatic rings. The molecule has 0 saturated carbocycles. The smallest absolute Gasteiger partial charge is 0.510 e. The van der Waals surface area contributed by atoms with Crippen molar-refractivity contribution in [2.75, 3.05) is 5.73 Å². The fourth-order valence-electron chi connectivity index (χ4n) is 0.889. The van der Waals surface area contributed by atoms with E-state index in [1.165, 1.54) is 0 Å². The molecule has 0 bridgehead atoms. The highest BCUT2D eigenvalue weighted by Gasteiger charge is 2.12. The fraction of sp³-hybridized carbons (Fsp3) is 0.143. The Bertz CT molecular complexity index is 277. The second kappa shape index (κ2) is 3.47. The number of hydrogen-bond acceptors (Lipinski definition) is 4.